The van der Waals surface area contributed by atoms with Crippen LogP contribution in [0.3, 0.4) is 0 Å². The molecular formula is C31H41N3O7. The van der Waals surface area contributed by atoms with Gasteiger partial charge < -0.3 is 19.1 Å². The number of rotatable bonds is 8. The number of likely N-dealkylation sites (N-methyl/N-ethyl adjacent to an activating group) is 1. The summed E-state index contributed by atoms with van der Waals surface area (Å²) in [6.07, 6.45) is 3.75. The van der Waals surface area contributed by atoms with Crippen LogP contribution in [0.25, 0.3) is 6.08 Å². The van der Waals surface area contributed by atoms with Crippen LogP contribution in [0.4, 0.5) is 11.4 Å². The number of hydrogen-bond acceptors (Lipinski definition) is 9. The Balaban J connectivity index is 0.000000358. The number of hydrogen-bond donors (Lipinski definition) is 0. The highest BCUT2D eigenvalue weighted by molar-refractivity contribution is 5.75. The molecule has 0 saturated carbocycles. The molecule has 0 aliphatic carbocycles. The Morgan fingerprint density at radius 2 is 1.66 bits per heavy atom. The van der Waals surface area contributed by atoms with Gasteiger partial charge in [-0.15, -0.1) is 0 Å². The standard InChI is InChI=1S/C23H24N2O5.C8H17NO2/c1-15(2)21(26)29-14-24-19-8-6-5-7-18(19)22(3,4)23(24)12-11-16-13-17(25(27)28)9-10-20(16)30-23;1-7(2)8(10)11-6-5-9(3)4/h5-13,15H,14H2,1-4H3;7H,5-6H2,1-4H3. The molecule has 10 heteroatoms. The number of benzene rings is 2. The molecule has 4 rings (SSSR count). The van der Waals surface area contributed by atoms with Crippen LogP contribution >= 0.6 is 0 Å². The number of ether oxygens (including phenoxy) is 3. The molecule has 2 aliphatic rings. The third-order valence-corrected chi connectivity index (χ3v) is 7.18. The van der Waals surface area contributed by atoms with E-state index in [1.165, 1.54) is 12.1 Å². The summed E-state index contributed by atoms with van der Waals surface area (Å²) in [4.78, 5) is 37.7. The van der Waals surface area contributed by atoms with Crippen LogP contribution < -0.4 is 9.64 Å². The van der Waals surface area contributed by atoms with Gasteiger partial charge in [0.1, 0.15) is 12.4 Å². The fourth-order valence-electron chi connectivity index (χ4n) is 4.66. The van der Waals surface area contributed by atoms with Gasteiger partial charge in [-0.1, -0.05) is 45.9 Å². The van der Waals surface area contributed by atoms with Gasteiger partial charge in [0.15, 0.2) is 6.73 Å². The van der Waals surface area contributed by atoms with Gasteiger partial charge in [-0.25, -0.2) is 0 Å². The number of carbonyl (C=O) groups is 2. The number of nitro benzene ring substituents is 1. The molecular weight excluding hydrogens is 526 g/mol. The second kappa shape index (κ2) is 12.7. The molecule has 1 unspecified atom stereocenters. The van der Waals surface area contributed by atoms with Crippen LogP contribution in [-0.4, -0.2) is 61.5 Å². The Hall–Kier alpha value is -3.92. The maximum Gasteiger partial charge on any atom is 0.310 e. The monoisotopic (exact) mass is 567 g/mol. The zero-order valence-electron chi connectivity index (χ0n) is 25.2. The number of carbonyl (C=O) groups excluding carboxylic acids is 2. The molecule has 2 heterocycles. The first kappa shape index (κ1) is 31.6. The van der Waals surface area contributed by atoms with Crippen molar-refractivity contribution in [3.8, 4) is 5.75 Å². The van der Waals surface area contributed by atoms with E-state index in [0.29, 0.717) is 17.9 Å². The Kier molecular flexibility index (Phi) is 9.81. The molecule has 2 aliphatic heterocycles. The van der Waals surface area contributed by atoms with Crippen LogP contribution in [0.1, 0.15) is 52.7 Å². The second-order valence-electron chi connectivity index (χ2n) is 11.6. The normalized spacial score (nSPS) is 18.0. The van der Waals surface area contributed by atoms with E-state index in [0.717, 1.165) is 17.8 Å². The van der Waals surface area contributed by atoms with Crippen molar-refractivity contribution >= 4 is 29.4 Å². The molecule has 1 spiro atoms. The first-order valence-corrected chi connectivity index (χ1v) is 13.7. The largest absolute Gasteiger partial charge is 0.464 e. The lowest BCUT2D eigenvalue weighted by atomic mass is 9.76. The lowest BCUT2D eigenvalue weighted by Gasteiger charge is -2.46. The van der Waals surface area contributed by atoms with Gasteiger partial charge >= 0.3 is 11.9 Å². The second-order valence-corrected chi connectivity index (χ2v) is 11.6. The molecule has 10 nitrogen and oxygen atoms in total. The van der Waals surface area contributed by atoms with E-state index in [-0.39, 0.29) is 36.2 Å². The average Bonchev–Trinajstić information content (AvgIpc) is 3.09. The fraction of sp³-hybridized carbons (Fsp3) is 0.484. The molecule has 2 aromatic carbocycles. The fourth-order valence-corrected chi connectivity index (χ4v) is 4.66. The summed E-state index contributed by atoms with van der Waals surface area (Å²) in [6, 6.07) is 12.5. The van der Waals surface area contributed by atoms with E-state index in [1.54, 1.807) is 19.9 Å². The highest BCUT2D eigenvalue weighted by atomic mass is 16.6. The van der Waals surface area contributed by atoms with E-state index in [2.05, 4.69) is 13.8 Å². The quantitative estimate of drug-likeness (QED) is 0.235. The SMILES string of the molecule is CC(C)C(=O)OCCN(C)C.CC(C)C(=O)OCN1c2ccccc2C(C)(C)C12C=Cc1cc([N+](=O)[O-])ccc1O2. The first-order valence-electron chi connectivity index (χ1n) is 13.7. The van der Waals surface area contributed by atoms with Gasteiger partial charge in [0.25, 0.3) is 5.69 Å². The van der Waals surface area contributed by atoms with Crippen molar-refractivity contribution in [1.29, 1.82) is 0 Å². The van der Waals surface area contributed by atoms with Gasteiger partial charge in [0, 0.05) is 29.9 Å². The van der Waals surface area contributed by atoms with Crippen molar-refractivity contribution < 1.29 is 28.7 Å². The minimum Gasteiger partial charge on any atom is -0.464 e. The Morgan fingerprint density at radius 1 is 1.02 bits per heavy atom. The summed E-state index contributed by atoms with van der Waals surface area (Å²) < 4.78 is 17.1. The predicted molar refractivity (Wildman–Crippen MR) is 158 cm³/mol. The van der Waals surface area contributed by atoms with Crippen molar-refractivity contribution in [1.82, 2.24) is 4.90 Å². The smallest absolute Gasteiger partial charge is 0.310 e. The summed E-state index contributed by atoms with van der Waals surface area (Å²) in [5.74, 6) is -0.118. The molecule has 0 fully saturated rings. The minimum absolute atomic E-state index is 0.00892. The van der Waals surface area contributed by atoms with Gasteiger partial charge in [-0.3, -0.25) is 24.6 Å². The topological polar surface area (TPSA) is 111 Å². The van der Waals surface area contributed by atoms with E-state index in [9.17, 15) is 19.7 Å². The van der Waals surface area contributed by atoms with E-state index >= 15 is 0 Å². The summed E-state index contributed by atoms with van der Waals surface area (Å²) in [5, 5.41) is 11.1. The Bertz CT molecular complexity index is 1300. The maximum atomic E-state index is 12.2. The van der Waals surface area contributed by atoms with Crippen molar-refractivity contribution in [2.75, 3.05) is 38.9 Å². The zero-order chi connectivity index (χ0) is 30.5. The highest BCUT2D eigenvalue weighted by Crippen LogP contribution is 2.54. The van der Waals surface area contributed by atoms with E-state index in [4.69, 9.17) is 14.2 Å². The molecule has 0 N–H and O–H groups in total. The van der Waals surface area contributed by atoms with Crippen LogP contribution in [-0.2, 0) is 24.5 Å². The maximum absolute atomic E-state index is 12.2. The molecule has 222 valence electrons. The minimum atomic E-state index is -0.947. The van der Waals surface area contributed by atoms with Crippen molar-refractivity contribution in [2.45, 2.75) is 52.7 Å². The van der Waals surface area contributed by atoms with Gasteiger partial charge in [0.05, 0.1) is 22.2 Å². The molecule has 1 atom stereocenters. The molecule has 0 saturated heterocycles. The van der Waals surface area contributed by atoms with Crippen LogP contribution in [0.15, 0.2) is 48.5 Å². The molecule has 0 amide bonds. The van der Waals surface area contributed by atoms with Crippen LogP contribution in [0, 0.1) is 22.0 Å². The van der Waals surface area contributed by atoms with Crippen LogP contribution in [0.5, 0.6) is 5.75 Å². The average molecular weight is 568 g/mol. The predicted octanol–water partition coefficient (Wildman–Crippen LogP) is 5.40. The molecule has 0 radical (unpaired) electrons. The van der Waals surface area contributed by atoms with Crippen molar-refractivity contribution in [3.63, 3.8) is 0 Å². The first-order chi connectivity index (χ1) is 19.2. The molecule has 41 heavy (non-hydrogen) atoms. The molecule has 0 aromatic heterocycles. The summed E-state index contributed by atoms with van der Waals surface area (Å²) in [6.45, 7) is 12.7. The highest BCUT2D eigenvalue weighted by Gasteiger charge is 2.59. The number of fused-ring (bicyclic) bond motifs is 2. The Labute approximate surface area is 242 Å². The van der Waals surface area contributed by atoms with Crippen molar-refractivity contribution in [2.24, 2.45) is 11.8 Å². The number of nitro groups is 1. The van der Waals surface area contributed by atoms with Crippen molar-refractivity contribution in [3.05, 3.63) is 69.8 Å². The lowest BCUT2D eigenvalue weighted by Crippen LogP contribution is -2.60. The van der Waals surface area contributed by atoms with Crippen LogP contribution in [0.2, 0.25) is 0 Å². The molecule has 2 aromatic rings. The van der Waals surface area contributed by atoms with E-state index < -0.39 is 16.1 Å². The van der Waals surface area contributed by atoms with Gasteiger partial charge in [0.2, 0.25) is 5.72 Å². The summed E-state index contributed by atoms with van der Waals surface area (Å²) in [7, 11) is 3.90. The number of anilines is 1. The van der Waals surface area contributed by atoms with E-state index in [1.807, 2.05) is 74.2 Å². The Morgan fingerprint density at radius 3 is 2.27 bits per heavy atom. The third kappa shape index (κ3) is 6.70. The van der Waals surface area contributed by atoms with Gasteiger partial charge in [-0.2, -0.15) is 0 Å². The van der Waals surface area contributed by atoms with Gasteiger partial charge in [-0.05, 0) is 57.8 Å². The number of nitrogens with zero attached hydrogens (tertiary/aromatic N) is 3. The third-order valence-electron chi connectivity index (χ3n) is 7.18. The number of para-hydroxylation sites is 1. The number of esters is 2. The summed E-state index contributed by atoms with van der Waals surface area (Å²) in [5.41, 5.74) is 1.21. The lowest BCUT2D eigenvalue weighted by molar-refractivity contribution is -0.384. The zero-order valence-corrected chi connectivity index (χ0v) is 25.2. The summed E-state index contributed by atoms with van der Waals surface area (Å²) >= 11 is 0. The molecule has 0 bridgehead atoms. The number of non-ortho nitro benzene ring substituents is 1.